The summed E-state index contributed by atoms with van der Waals surface area (Å²) in [6, 6.07) is 15.8. The Bertz CT molecular complexity index is 669. The van der Waals surface area contributed by atoms with Crippen molar-refractivity contribution >= 4 is 41.7 Å². The Morgan fingerprint density at radius 3 is 2.48 bits per heavy atom. The van der Waals surface area contributed by atoms with E-state index in [0.29, 0.717) is 0 Å². The van der Waals surface area contributed by atoms with E-state index in [0.717, 1.165) is 48.9 Å². The second-order valence-corrected chi connectivity index (χ2v) is 7.32. The van der Waals surface area contributed by atoms with E-state index in [-0.39, 0.29) is 18.3 Å². The summed E-state index contributed by atoms with van der Waals surface area (Å²) < 4.78 is 0. The van der Waals surface area contributed by atoms with Crippen LogP contribution in [0, 0.1) is 0 Å². The Kier molecular flexibility index (Phi) is 8.10. The van der Waals surface area contributed by atoms with Gasteiger partial charge in [0.25, 0.3) is 5.91 Å². The largest absolute Gasteiger partial charge is 0.337 e. The molecule has 0 atom stereocenters. The van der Waals surface area contributed by atoms with Gasteiger partial charge in [-0.1, -0.05) is 23.7 Å². The molecule has 0 radical (unpaired) electrons. The molecule has 1 aliphatic rings. The molecule has 0 unspecified atom stereocenters. The standard InChI is InChI=1S/C19H21ClN2OS.ClH/c20-17-6-8-18(9-7-17)24-14-15-2-4-16(5-3-15)19(23)22-12-1-10-21-11-13-22;/h2-9,21H,1,10-14H2;1H. The van der Waals surface area contributed by atoms with Crippen molar-refractivity contribution < 1.29 is 4.79 Å². The van der Waals surface area contributed by atoms with Gasteiger partial charge in [-0.05, 0) is 54.9 Å². The molecule has 25 heavy (non-hydrogen) atoms. The molecule has 3 nitrogen and oxygen atoms in total. The third kappa shape index (κ3) is 5.93. The summed E-state index contributed by atoms with van der Waals surface area (Å²) in [5.74, 6) is 1.01. The quantitative estimate of drug-likeness (QED) is 0.772. The Morgan fingerprint density at radius 1 is 1.04 bits per heavy atom. The zero-order valence-corrected chi connectivity index (χ0v) is 16.3. The number of benzene rings is 2. The van der Waals surface area contributed by atoms with Crippen molar-refractivity contribution in [3.05, 3.63) is 64.7 Å². The van der Waals surface area contributed by atoms with Crippen LogP contribution in [0.1, 0.15) is 22.3 Å². The topological polar surface area (TPSA) is 32.3 Å². The van der Waals surface area contributed by atoms with Crippen LogP contribution in [0.4, 0.5) is 0 Å². The summed E-state index contributed by atoms with van der Waals surface area (Å²) in [4.78, 5) is 15.7. The van der Waals surface area contributed by atoms with Gasteiger partial charge in [0.2, 0.25) is 0 Å². The van der Waals surface area contributed by atoms with Gasteiger partial charge in [0.05, 0.1) is 0 Å². The molecule has 1 aliphatic heterocycles. The first-order valence-corrected chi connectivity index (χ1v) is 9.56. The third-order valence-electron chi connectivity index (χ3n) is 4.05. The zero-order valence-electron chi connectivity index (χ0n) is 13.9. The molecule has 0 aromatic heterocycles. The number of nitrogens with one attached hydrogen (secondary N) is 1. The van der Waals surface area contributed by atoms with Crippen molar-refractivity contribution in [2.24, 2.45) is 0 Å². The molecular weight excluding hydrogens is 375 g/mol. The maximum Gasteiger partial charge on any atom is 0.253 e. The van der Waals surface area contributed by atoms with Crippen molar-refractivity contribution in [1.29, 1.82) is 0 Å². The molecule has 2 aromatic carbocycles. The summed E-state index contributed by atoms with van der Waals surface area (Å²) in [6.45, 7) is 3.49. The average molecular weight is 397 g/mol. The average Bonchev–Trinajstić information content (AvgIpc) is 2.90. The van der Waals surface area contributed by atoms with E-state index in [4.69, 9.17) is 11.6 Å². The van der Waals surface area contributed by atoms with Crippen molar-refractivity contribution in [2.45, 2.75) is 17.1 Å². The van der Waals surface area contributed by atoms with Gasteiger partial charge >= 0.3 is 0 Å². The van der Waals surface area contributed by atoms with Crippen LogP contribution in [0.15, 0.2) is 53.4 Å². The van der Waals surface area contributed by atoms with Crippen LogP contribution in [0.2, 0.25) is 5.02 Å². The Labute approximate surface area is 164 Å². The molecule has 0 spiro atoms. The number of hydrogen-bond acceptors (Lipinski definition) is 3. The van der Waals surface area contributed by atoms with E-state index in [1.165, 1.54) is 10.5 Å². The van der Waals surface area contributed by atoms with Crippen molar-refractivity contribution in [3.63, 3.8) is 0 Å². The lowest BCUT2D eigenvalue weighted by Crippen LogP contribution is -2.34. The zero-order chi connectivity index (χ0) is 16.8. The van der Waals surface area contributed by atoms with Crippen molar-refractivity contribution in [2.75, 3.05) is 26.2 Å². The molecule has 2 aromatic rings. The van der Waals surface area contributed by atoms with Crippen LogP contribution < -0.4 is 5.32 Å². The number of amides is 1. The molecule has 1 fully saturated rings. The first-order chi connectivity index (χ1) is 11.7. The Hall–Kier alpha value is -1.20. The van der Waals surface area contributed by atoms with E-state index >= 15 is 0 Å². The van der Waals surface area contributed by atoms with E-state index in [1.54, 1.807) is 11.8 Å². The molecule has 0 saturated carbocycles. The van der Waals surface area contributed by atoms with E-state index in [1.807, 2.05) is 53.4 Å². The first-order valence-electron chi connectivity index (χ1n) is 8.20. The van der Waals surface area contributed by atoms with Crippen LogP contribution in [0.3, 0.4) is 0 Å². The Morgan fingerprint density at radius 2 is 1.76 bits per heavy atom. The number of hydrogen-bond donors (Lipinski definition) is 1. The van der Waals surface area contributed by atoms with Crippen LogP contribution in [-0.4, -0.2) is 37.0 Å². The van der Waals surface area contributed by atoms with Gasteiger partial charge in [0, 0.05) is 40.9 Å². The third-order valence-corrected chi connectivity index (χ3v) is 5.38. The van der Waals surface area contributed by atoms with Crippen LogP contribution in [0.5, 0.6) is 0 Å². The van der Waals surface area contributed by atoms with Gasteiger partial charge in [-0.25, -0.2) is 0 Å². The van der Waals surface area contributed by atoms with Gasteiger partial charge in [-0.3, -0.25) is 4.79 Å². The fraction of sp³-hybridized carbons (Fsp3) is 0.316. The summed E-state index contributed by atoms with van der Waals surface area (Å²) in [6.07, 6.45) is 1.02. The summed E-state index contributed by atoms with van der Waals surface area (Å²) in [5, 5.41) is 4.08. The Balaban J connectivity index is 0.00000225. The van der Waals surface area contributed by atoms with Gasteiger partial charge in [-0.15, -0.1) is 24.2 Å². The van der Waals surface area contributed by atoms with Gasteiger partial charge < -0.3 is 10.2 Å². The molecule has 0 aliphatic carbocycles. The smallest absolute Gasteiger partial charge is 0.253 e. The molecule has 0 bridgehead atoms. The highest BCUT2D eigenvalue weighted by molar-refractivity contribution is 7.98. The number of carbonyl (C=O) groups excluding carboxylic acids is 1. The maximum atomic E-state index is 12.6. The second-order valence-electron chi connectivity index (χ2n) is 5.84. The highest BCUT2D eigenvalue weighted by atomic mass is 35.5. The summed E-state index contributed by atoms with van der Waals surface area (Å²) >= 11 is 7.67. The van der Waals surface area contributed by atoms with Gasteiger partial charge in [0.1, 0.15) is 0 Å². The van der Waals surface area contributed by atoms with Gasteiger partial charge in [-0.2, -0.15) is 0 Å². The minimum absolute atomic E-state index is 0. The molecule has 1 heterocycles. The minimum Gasteiger partial charge on any atom is -0.337 e. The lowest BCUT2D eigenvalue weighted by Gasteiger charge is -2.20. The monoisotopic (exact) mass is 396 g/mol. The van der Waals surface area contributed by atoms with E-state index < -0.39 is 0 Å². The van der Waals surface area contributed by atoms with Crippen LogP contribution in [0.25, 0.3) is 0 Å². The van der Waals surface area contributed by atoms with E-state index in [2.05, 4.69) is 5.32 Å². The fourth-order valence-corrected chi connectivity index (χ4v) is 3.65. The highest BCUT2D eigenvalue weighted by Gasteiger charge is 2.16. The number of thioether (sulfide) groups is 1. The SMILES string of the molecule is Cl.O=C(c1ccc(CSc2ccc(Cl)cc2)cc1)N1CCCNCC1. The molecule has 1 N–H and O–H groups in total. The minimum atomic E-state index is 0. The van der Waals surface area contributed by atoms with Crippen molar-refractivity contribution in [1.82, 2.24) is 10.2 Å². The number of nitrogens with zero attached hydrogens (tertiary/aromatic N) is 1. The highest BCUT2D eigenvalue weighted by Crippen LogP contribution is 2.24. The molecule has 3 rings (SSSR count). The lowest BCUT2D eigenvalue weighted by molar-refractivity contribution is 0.0766. The normalized spacial score (nSPS) is 14.5. The fourth-order valence-electron chi connectivity index (χ4n) is 2.67. The number of halogens is 2. The summed E-state index contributed by atoms with van der Waals surface area (Å²) in [5.41, 5.74) is 1.99. The number of carbonyl (C=O) groups is 1. The molecular formula is C19H22Cl2N2OS. The lowest BCUT2D eigenvalue weighted by atomic mass is 10.1. The van der Waals surface area contributed by atoms with Crippen LogP contribution >= 0.6 is 35.8 Å². The molecule has 1 saturated heterocycles. The van der Waals surface area contributed by atoms with Crippen molar-refractivity contribution in [3.8, 4) is 0 Å². The molecule has 134 valence electrons. The maximum absolute atomic E-state index is 12.6. The van der Waals surface area contributed by atoms with Gasteiger partial charge in [0.15, 0.2) is 0 Å². The summed E-state index contributed by atoms with van der Waals surface area (Å²) in [7, 11) is 0. The predicted octanol–water partition coefficient (Wildman–Crippen LogP) is 4.49. The van der Waals surface area contributed by atoms with Crippen LogP contribution in [-0.2, 0) is 5.75 Å². The van der Waals surface area contributed by atoms with E-state index in [9.17, 15) is 4.79 Å². The molecule has 6 heteroatoms. The first kappa shape index (κ1) is 20.1. The molecule has 1 amide bonds. The predicted molar refractivity (Wildman–Crippen MR) is 108 cm³/mol. The second kappa shape index (κ2) is 10.1. The number of rotatable bonds is 4.